The molecule has 0 aliphatic heterocycles. The van der Waals surface area contributed by atoms with E-state index in [-0.39, 0.29) is 6.03 Å². The van der Waals surface area contributed by atoms with E-state index in [9.17, 15) is 4.79 Å². The molecule has 0 unspecified atom stereocenters. The van der Waals surface area contributed by atoms with Crippen molar-refractivity contribution in [2.75, 3.05) is 5.32 Å². The lowest BCUT2D eigenvalue weighted by Crippen LogP contribution is -2.28. The van der Waals surface area contributed by atoms with E-state index in [0.29, 0.717) is 12.2 Å². The van der Waals surface area contributed by atoms with Crippen LogP contribution >= 0.6 is 11.8 Å². The highest BCUT2D eigenvalue weighted by Gasteiger charge is 2.06. The summed E-state index contributed by atoms with van der Waals surface area (Å²) in [5.41, 5.74) is 2.86. The Kier molecular flexibility index (Phi) is 6.36. The molecule has 150 valence electrons. The first-order valence-electron chi connectivity index (χ1n) is 9.38. The fourth-order valence-electron chi connectivity index (χ4n) is 2.84. The number of aromatic nitrogens is 4. The summed E-state index contributed by atoms with van der Waals surface area (Å²) in [4.78, 5) is 25.0. The number of nitrogens with zero attached hydrogens (tertiary/aromatic N) is 4. The first kappa shape index (κ1) is 19.7. The predicted octanol–water partition coefficient (Wildman–Crippen LogP) is 4.19. The Balaban J connectivity index is 1.31. The number of imidazole rings is 1. The molecule has 0 saturated heterocycles. The lowest BCUT2D eigenvalue weighted by molar-refractivity contribution is 0.251. The summed E-state index contributed by atoms with van der Waals surface area (Å²) in [5, 5.41) is 7.36. The molecule has 0 aliphatic carbocycles. The molecule has 30 heavy (non-hydrogen) atoms. The maximum atomic E-state index is 12.3. The second kappa shape index (κ2) is 9.71. The summed E-state index contributed by atoms with van der Waals surface area (Å²) >= 11 is 1.44. The molecule has 3 heterocycles. The van der Waals surface area contributed by atoms with Crippen molar-refractivity contribution in [1.82, 2.24) is 24.8 Å². The number of nitrogens with one attached hydrogen (secondary N) is 2. The van der Waals surface area contributed by atoms with Gasteiger partial charge in [0.05, 0.1) is 6.33 Å². The number of hydrogen-bond acceptors (Lipinski definition) is 5. The Morgan fingerprint density at radius 3 is 2.67 bits per heavy atom. The summed E-state index contributed by atoms with van der Waals surface area (Å²) in [6, 6.07) is 17.1. The molecule has 4 aromatic rings. The molecule has 2 amide bonds. The molecule has 3 aromatic heterocycles. The molecule has 8 heteroatoms. The monoisotopic (exact) mass is 416 g/mol. The van der Waals surface area contributed by atoms with E-state index < -0.39 is 0 Å². The highest BCUT2D eigenvalue weighted by molar-refractivity contribution is 7.99. The fourth-order valence-corrected chi connectivity index (χ4v) is 3.62. The van der Waals surface area contributed by atoms with E-state index in [1.54, 1.807) is 31.0 Å². The summed E-state index contributed by atoms with van der Waals surface area (Å²) in [7, 11) is 0. The maximum Gasteiger partial charge on any atom is 0.319 e. The smallest absolute Gasteiger partial charge is 0.319 e. The van der Waals surface area contributed by atoms with E-state index in [4.69, 9.17) is 0 Å². The number of hydrogen-bond donors (Lipinski definition) is 2. The molecular weight excluding hydrogens is 396 g/mol. The van der Waals surface area contributed by atoms with Crippen LogP contribution in [0.4, 0.5) is 10.5 Å². The molecule has 0 aliphatic rings. The number of anilines is 1. The zero-order valence-electron chi connectivity index (χ0n) is 16.1. The highest BCUT2D eigenvalue weighted by Crippen LogP contribution is 2.25. The largest absolute Gasteiger partial charge is 0.334 e. The molecule has 0 atom stereocenters. The number of amides is 2. The number of pyridine rings is 2. The van der Waals surface area contributed by atoms with Gasteiger partial charge in [-0.1, -0.05) is 42.1 Å². The quantitative estimate of drug-likeness (QED) is 0.472. The topological polar surface area (TPSA) is 84.7 Å². The van der Waals surface area contributed by atoms with E-state index in [0.717, 1.165) is 27.7 Å². The zero-order chi connectivity index (χ0) is 20.6. The Morgan fingerprint density at radius 1 is 0.933 bits per heavy atom. The van der Waals surface area contributed by atoms with Crippen molar-refractivity contribution in [3.8, 4) is 0 Å². The van der Waals surface area contributed by atoms with Gasteiger partial charge in [-0.3, -0.25) is 0 Å². The average molecular weight is 417 g/mol. The van der Waals surface area contributed by atoms with Gasteiger partial charge in [0.15, 0.2) is 0 Å². The number of carbonyl (C=O) groups excluding carboxylic acids is 1. The Labute approximate surface area is 178 Å². The fraction of sp³-hybridized carbons (Fsp3) is 0.0909. The molecule has 0 spiro atoms. The van der Waals surface area contributed by atoms with E-state index in [2.05, 4.69) is 37.7 Å². The lowest BCUT2D eigenvalue weighted by atomic mass is 10.1. The van der Waals surface area contributed by atoms with Crippen LogP contribution < -0.4 is 10.6 Å². The summed E-state index contributed by atoms with van der Waals surface area (Å²) in [5.74, 6) is 0. The molecule has 2 N–H and O–H groups in total. The predicted molar refractivity (Wildman–Crippen MR) is 116 cm³/mol. The van der Waals surface area contributed by atoms with Crippen molar-refractivity contribution in [3.05, 3.63) is 96.8 Å². The molecule has 0 saturated carbocycles. The normalized spacial score (nSPS) is 10.5. The van der Waals surface area contributed by atoms with Crippen LogP contribution in [0.15, 0.2) is 95.8 Å². The van der Waals surface area contributed by atoms with Crippen molar-refractivity contribution in [3.63, 3.8) is 0 Å². The lowest BCUT2D eigenvalue weighted by Gasteiger charge is -2.10. The van der Waals surface area contributed by atoms with Crippen LogP contribution in [0.2, 0.25) is 0 Å². The molecule has 1 aromatic carbocycles. The summed E-state index contributed by atoms with van der Waals surface area (Å²) < 4.78 is 2.00. The Bertz CT molecular complexity index is 1100. The van der Waals surface area contributed by atoms with Gasteiger partial charge in [-0.2, -0.15) is 0 Å². The number of urea groups is 1. The first-order valence-corrected chi connectivity index (χ1v) is 10.2. The van der Waals surface area contributed by atoms with Crippen molar-refractivity contribution < 1.29 is 4.79 Å². The van der Waals surface area contributed by atoms with Crippen molar-refractivity contribution >= 4 is 23.5 Å². The van der Waals surface area contributed by atoms with E-state index in [1.165, 1.54) is 11.8 Å². The maximum absolute atomic E-state index is 12.3. The van der Waals surface area contributed by atoms with Crippen LogP contribution in [0.1, 0.15) is 11.1 Å². The van der Waals surface area contributed by atoms with Gasteiger partial charge in [0, 0.05) is 43.6 Å². The minimum absolute atomic E-state index is 0.269. The first-order chi connectivity index (χ1) is 14.7. The molecule has 0 radical (unpaired) electrons. The summed E-state index contributed by atoms with van der Waals surface area (Å²) in [6.07, 6.45) is 8.87. The molecule has 0 bridgehead atoms. The van der Waals surface area contributed by atoms with Crippen LogP contribution in [0, 0.1) is 0 Å². The van der Waals surface area contributed by atoms with Gasteiger partial charge >= 0.3 is 6.03 Å². The second-order valence-electron chi connectivity index (χ2n) is 6.52. The summed E-state index contributed by atoms with van der Waals surface area (Å²) in [6.45, 7) is 1.18. The van der Waals surface area contributed by atoms with Gasteiger partial charge < -0.3 is 15.2 Å². The molecule has 7 nitrogen and oxygen atoms in total. The van der Waals surface area contributed by atoms with Crippen LogP contribution in [-0.4, -0.2) is 25.6 Å². The van der Waals surface area contributed by atoms with Crippen molar-refractivity contribution in [2.24, 2.45) is 0 Å². The van der Waals surface area contributed by atoms with Gasteiger partial charge in [0.2, 0.25) is 0 Å². The van der Waals surface area contributed by atoms with Gasteiger partial charge in [-0.05, 0) is 35.4 Å². The third-order valence-corrected chi connectivity index (χ3v) is 5.09. The van der Waals surface area contributed by atoms with Gasteiger partial charge in [-0.15, -0.1) is 0 Å². The average Bonchev–Trinajstić information content (AvgIpc) is 3.27. The van der Waals surface area contributed by atoms with E-state index >= 15 is 0 Å². The van der Waals surface area contributed by atoms with Crippen LogP contribution in [0.25, 0.3) is 0 Å². The standard InChI is InChI=1S/C22H20N6OS/c29-22(26-14-17-4-3-5-18(12-17)15-28-11-10-23-16-28)27-19-7-9-25-21(13-19)30-20-6-1-2-8-24-20/h1-13,16H,14-15H2,(H2,25,26,27,29). The SMILES string of the molecule is O=C(NCc1cccc(Cn2ccnc2)c1)Nc1ccnc(Sc2ccccn2)c1. The molecule has 4 rings (SSSR count). The van der Waals surface area contributed by atoms with Crippen molar-refractivity contribution in [2.45, 2.75) is 23.1 Å². The zero-order valence-corrected chi connectivity index (χ0v) is 16.9. The molecule has 0 fully saturated rings. The third-order valence-electron chi connectivity index (χ3n) is 4.21. The van der Waals surface area contributed by atoms with Crippen LogP contribution in [0.5, 0.6) is 0 Å². The van der Waals surface area contributed by atoms with Crippen LogP contribution in [0.3, 0.4) is 0 Å². The Hall–Kier alpha value is -3.65. The van der Waals surface area contributed by atoms with Crippen LogP contribution in [-0.2, 0) is 13.1 Å². The Morgan fingerprint density at radius 2 is 1.83 bits per heavy atom. The third kappa shape index (κ3) is 5.68. The minimum Gasteiger partial charge on any atom is -0.334 e. The number of rotatable bonds is 7. The second-order valence-corrected chi connectivity index (χ2v) is 7.56. The van der Waals surface area contributed by atoms with Gasteiger partial charge in [0.1, 0.15) is 10.1 Å². The number of carbonyl (C=O) groups is 1. The minimum atomic E-state index is -0.269. The highest BCUT2D eigenvalue weighted by atomic mass is 32.2. The van der Waals surface area contributed by atoms with Crippen molar-refractivity contribution in [1.29, 1.82) is 0 Å². The number of benzene rings is 1. The van der Waals surface area contributed by atoms with E-state index in [1.807, 2.05) is 47.2 Å². The van der Waals surface area contributed by atoms with Gasteiger partial charge in [0.25, 0.3) is 0 Å². The molecular formula is C22H20N6OS. The van der Waals surface area contributed by atoms with Gasteiger partial charge in [-0.25, -0.2) is 19.7 Å².